The molecule has 0 amide bonds. The molecule has 4 heterocycles. The summed E-state index contributed by atoms with van der Waals surface area (Å²) >= 11 is 0. The highest BCUT2D eigenvalue weighted by Gasteiger charge is 2.50. The predicted octanol–water partition coefficient (Wildman–Crippen LogP) is 21.7. The van der Waals surface area contributed by atoms with Crippen LogP contribution in [0.5, 0.6) is 11.5 Å². The van der Waals surface area contributed by atoms with Crippen molar-refractivity contribution in [3.63, 3.8) is 0 Å². The van der Waals surface area contributed by atoms with E-state index in [1.54, 1.807) is 4.57 Å². The third-order valence-corrected chi connectivity index (χ3v) is 19.7. The first-order chi connectivity index (χ1) is 50.9. The second-order valence-electron chi connectivity index (χ2n) is 24.9. The van der Waals surface area contributed by atoms with Crippen molar-refractivity contribution in [1.29, 1.82) is 0 Å². The Morgan fingerprint density at radius 3 is 1.18 bits per heavy atom. The monoisotopic (exact) mass is 1230 g/mol. The van der Waals surface area contributed by atoms with Crippen LogP contribution in [-0.4, -0.2) is 11.3 Å². The number of para-hydroxylation sites is 3. The van der Waals surface area contributed by atoms with E-state index in [9.17, 15) is 11.0 Å². The molecule has 3 aliphatic heterocycles. The summed E-state index contributed by atoms with van der Waals surface area (Å²) in [4.78, 5) is 4.68. The van der Waals surface area contributed by atoms with E-state index in [4.69, 9.17) is 4.74 Å². The van der Waals surface area contributed by atoms with Crippen LogP contribution in [0.4, 0.5) is 34.1 Å². The summed E-state index contributed by atoms with van der Waals surface area (Å²) in [5.74, 6) is 1.34. The molecule has 19 rings (SSSR count). The molecule has 448 valence electrons. The number of nitrogens with zero attached hydrogens (tertiary/aromatic N) is 3. The minimum Gasteiger partial charge on any atom is -0.457 e. The highest BCUT2D eigenvalue weighted by molar-refractivity contribution is 7.00. The largest absolute Gasteiger partial charge is 0.457 e. The molecule has 0 bridgehead atoms. The van der Waals surface area contributed by atoms with Gasteiger partial charge in [-0.15, -0.1) is 0 Å². The van der Waals surface area contributed by atoms with Crippen molar-refractivity contribution in [2.24, 2.45) is 0 Å². The molecule has 5 heteroatoms. The van der Waals surface area contributed by atoms with Gasteiger partial charge in [-0.25, -0.2) is 0 Å². The third-order valence-electron chi connectivity index (χ3n) is 19.7. The van der Waals surface area contributed by atoms with Crippen LogP contribution in [0.1, 0.15) is 33.2 Å². The van der Waals surface area contributed by atoms with E-state index in [0.717, 1.165) is 123 Å². The molecule has 0 spiro atoms. The molecule has 0 fully saturated rings. The maximum Gasteiger partial charge on any atom is 0.252 e. The minimum atomic E-state index is -0.939. The van der Waals surface area contributed by atoms with Crippen LogP contribution < -0.4 is 30.9 Å². The number of benzene rings is 15. The van der Waals surface area contributed by atoms with Gasteiger partial charge in [-0.1, -0.05) is 285 Å². The van der Waals surface area contributed by atoms with E-state index in [-0.39, 0.29) is 21.8 Å². The average molecular weight is 1230 g/mol. The fourth-order valence-electron chi connectivity index (χ4n) is 15.5. The number of hydrogen-bond acceptors (Lipinski definition) is 3. The van der Waals surface area contributed by atoms with Crippen LogP contribution >= 0.6 is 0 Å². The zero-order chi connectivity index (χ0) is 70.2. The van der Waals surface area contributed by atoms with Crippen LogP contribution in [0, 0.1) is 0 Å². The van der Waals surface area contributed by atoms with Gasteiger partial charge in [-0.3, -0.25) is 0 Å². The van der Waals surface area contributed by atoms with Crippen molar-refractivity contribution in [3.8, 4) is 72.8 Å². The van der Waals surface area contributed by atoms with Gasteiger partial charge in [0, 0.05) is 62.1 Å². The number of anilines is 6. The lowest BCUT2D eigenvalue weighted by atomic mass is 9.33. The molecule has 4 nitrogen and oxygen atoms in total. The third kappa shape index (κ3) is 8.78. The van der Waals surface area contributed by atoms with E-state index in [1.807, 2.05) is 36.4 Å². The average Bonchev–Trinajstić information content (AvgIpc) is 0.720. The van der Waals surface area contributed by atoms with Crippen molar-refractivity contribution >= 4 is 79.0 Å². The first-order valence-corrected chi connectivity index (χ1v) is 32.5. The Kier molecular flexibility index (Phi) is 11.1. The van der Waals surface area contributed by atoms with Crippen molar-refractivity contribution < 1.29 is 15.7 Å². The van der Waals surface area contributed by atoms with Crippen molar-refractivity contribution in [1.82, 2.24) is 4.57 Å². The fraction of sp³-hybridized carbons (Fsp3) is 0.0110. The summed E-state index contributed by atoms with van der Waals surface area (Å²) in [7, 11) is 0. The second-order valence-corrected chi connectivity index (χ2v) is 24.9. The van der Waals surface area contributed by atoms with Crippen LogP contribution in [0.15, 0.2) is 364 Å². The smallest absolute Gasteiger partial charge is 0.252 e. The van der Waals surface area contributed by atoms with Gasteiger partial charge in [-0.2, -0.15) is 0 Å². The minimum absolute atomic E-state index is 0.00824. The summed E-state index contributed by atoms with van der Waals surface area (Å²) in [6, 6.07) is 107. The van der Waals surface area contributed by atoms with Gasteiger partial charge in [0.05, 0.1) is 33.1 Å². The Balaban J connectivity index is 1.03. The zero-order valence-electron chi connectivity index (χ0n) is 59.8. The normalized spacial score (nSPS) is 14.3. The van der Waals surface area contributed by atoms with E-state index >= 15 is 0 Å². The zero-order valence-corrected chi connectivity index (χ0v) is 51.8. The molecule has 0 N–H and O–H groups in total. The number of hydrogen-bond donors (Lipinski definition) is 0. The molecule has 3 aliphatic rings. The first kappa shape index (κ1) is 47.5. The van der Waals surface area contributed by atoms with E-state index < -0.39 is 60.5 Å². The number of aromatic nitrogens is 1. The first-order valence-electron chi connectivity index (χ1n) is 36.5. The Morgan fingerprint density at radius 1 is 0.292 bits per heavy atom. The van der Waals surface area contributed by atoms with Gasteiger partial charge >= 0.3 is 0 Å². The molecular weight excluding hydrogens is 1160 g/mol. The quantitative estimate of drug-likeness (QED) is 0.127. The predicted molar refractivity (Wildman–Crippen MR) is 400 cm³/mol. The van der Waals surface area contributed by atoms with Crippen molar-refractivity contribution in [2.75, 3.05) is 9.80 Å². The van der Waals surface area contributed by atoms with Gasteiger partial charge in [0.25, 0.3) is 6.71 Å². The van der Waals surface area contributed by atoms with Crippen molar-refractivity contribution in [3.05, 3.63) is 386 Å². The maximum absolute atomic E-state index is 10.0. The number of rotatable bonds is 10. The number of fused-ring (bicyclic) bond motifs is 9. The second kappa shape index (κ2) is 22.4. The fourth-order valence-corrected chi connectivity index (χ4v) is 15.5. The number of ether oxygens (including phenoxy) is 1. The Hall–Kier alpha value is -12.4. The van der Waals surface area contributed by atoms with Gasteiger partial charge in [-0.05, 0) is 156 Å². The summed E-state index contributed by atoms with van der Waals surface area (Å²) in [5.41, 5.74) is 21.0. The summed E-state index contributed by atoms with van der Waals surface area (Å²) < 4.78 is 85.8. The molecule has 0 saturated carbocycles. The van der Waals surface area contributed by atoms with E-state index in [1.165, 1.54) is 0 Å². The topological polar surface area (TPSA) is 20.6 Å². The van der Waals surface area contributed by atoms with Gasteiger partial charge in [0.2, 0.25) is 0 Å². The SMILES string of the molecule is [2H]c1c([2H])c([2H])c2c(c1[2H])c1c([2H])c([2H])c([2H])c([2H])c1n2-c1cc2c3c(c1)N(c1cc(-c4ccccc4)cc(-c4ccccc4)c1)c1cc4c(cc1B3c1cc(-c3ccccc3)ccc1N2c1cc(-c2ccccc2)cc(-c2ccccc2)c1)C(c1ccccc1)(c1ccccc1)c1ccccc1O4. The molecule has 0 radical (unpaired) electrons. The highest BCUT2D eigenvalue weighted by atomic mass is 16.5. The van der Waals surface area contributed by atoms with Crippen molar-refractivity contribution in [2.45, 2.75) is 5.41 Å². The molecule has 0 saturated heterocycles. The maximum atomic E-state index is 10.0. The molecule has 15 aromatic carbocycles. The summed E-state index contributed by atoms with van der Waals surface area (Å²) in [5, 5.41) is -0.0359. The van der Waals surface area contributed by atoms with Gasteiger partial charge in [0.1, 0.15) is 11.5 Å². The summed E-state index contributed by atoms with van der Waals surface area (Å²) in [6.07, 6.45) is 0. The van der Waals surface area contributed by atoms with Crippen LogP contribution in [0.3, 0.4) is 0 Å². The standard InChI is InChI=1S/C91H60BN3O/c1-8-28-61(29-9-1)66-48-49-84-80(56-66)92-81-59-79-89(96-88-47-27-24-44-78(88)91(79,71-38-18-6-19-39-71)72-40-20-7-21-41-72)60-85(81)95(74-54-69(64-34-14-4-15-35-64)51-70(55-74)65-36-16-5-17-37-65)87-58-75(93-82-45-25-22-42-76(82)77-43-23-26-46-83(77)93)57-86(90(87)92)94(84)73-52-67(62-30-10-2-11-31-62)50-68(53-73)63-32-12-3-13-33-63/h1-60H/i22D,23D,25D,26D,42D,43D,45D,46D. The Labute approximate surface area is 570 Å². The van der Waals surface area contributed by atoms with Gasteiger partial charge < -0.3 is 19.1 Å². The van der Waals surface area contributed by atoms with E-state index in [2.05, 4.69) is 289 Å². The van der Waals surface area contributed by atoms with Crippen LogP contribution in [-0.2, 0) is 5.41 Å². The molecule has 0 aliphatic carbocycles. The van der Waals surface area contributed by atoms with Gasteiger partial charge in [0.15, 0.2) is 0 Å². The molecule has 16 aromatic rings. The van der Waals surface area contributed by atoms with Crippen LogP contribution in [0.2, 0.25) is 0 Å². The molecule has 1 aromatic heterocycles. The lowest BCUT2D eigenvalue weighted by Gasteiger charge is -2.47. The summed E-state index contributed by atoms with van der Waals surface area (Å²) in [6.45, 7) is -0.577. The lowest BCUT2D eigenvalue weighted by Crippen LogP contribution is -2.61. The highest BCUT2D eigenvalue weighted by Crippen LogP contribution is 2.58. The van der Waals surface area contributed by atoms with E-state index in [0.29, 0.717) is 22.9 Å². The molecule has 0 atom stereocenters. The molecule has 96 heavy (non-hydrogen) atoms. The lowest BCUT2D eigenvalue weighted by molar-refractivity contribution is 0.435. The van der Waals surface area contributed by atoms with Crippen LogP contribution in [0.25, 0.3) is 83.1 Å². The molecular formula is C91H60BN3O. The Bertz CT molecular complexity index is 5950. The molecule has 0 unspecified atom stereocenters. The Morgan fingerprint density at radius 2 is 0.698 bits per heavy atom.